The third-order valence-corrected chi connectivity index (χ3v) is 13.1. The van der Waals surface area contributed by atoms with Crippen molar-refractivity contribution in [1.29, 1.82) is 0 Å². The molecular formula is C45H72N2O12. The summed E-state index contributed by atoms with van der Waals surface area (Å²) in [6.45, 7) is 9.57. The second-order valence-corrected chi connectivity index (χ2v) is 17.7. The molecule has 0 unspecified atom stereocenters. The van der Waals surface area contributed by atoms with Crippen molar-refractivity contribution in [1.82, 2.24) is 4.90 Å². The molecule has 59 heavy (non-hydrogen) atoms. The highest BCUT2D eigenvalue weighted by Gasteiger charge is 2.56. The van der Waals surface area contributed by atoms with Crippen LogP contribution in [0.2, 0.25) is 0 Å². The molecule has 1 aliphatic carbocycles. The first kappa shape index (κ1) is 48.8. The van der Waals surface area contributed by atoms with Gasteiger partial charge in [0.1, 0.15) is 24.0 Å². The Morgan fingerprint density at radius 3 is 2.25 bits per heavy atom. The minimum atomic E-state index is -2.52. The van der Waals surface area contributed by atoms with Gasteiger partial charge in [-0.15, -0.1) is 0 Å². The Morgan fingerprint density at radius 1 is 0.915 bits per heavy atom. The zero-order valence-electron chi connectivity index (χ0n) is 36.5. The number of aliphatic hydroxyl groups excluding tert-OH is 2. The molecule has 1 amide bonds. The largest absolute Gasteiger partial charge is 0.456 e. The zero-order valence-corrected chi connectivity index (χ0v) is 36.5. The number of rotatable bonds is 8. The smallest absolute Gasteiger partial charge is 0.329 e. The Labute approximate surface area is 350 Å². The summed E-state index contributed by atoms with van der Waals surface area (Å²) < 4.78 is 29.8. The van der Waals surface area contributed by atoms with E-state index in [0.29, 0.717) is 63.5 Å². The highest BCUT2D eigenvalue weighted by Crippen LogP contribution is 2.39. The number of carbonyl (C=O) groups is 4. The number of fused-ring (bicyclic) bond motifs is 3. The van der Waals surface area contributed by atoms with Crippen LogP contribution in [0, 0.1) is 29.6 Å². The van der Waals surface area contributed by atoms with Gasteiger partial charge in [-0.2, -0.15) is 0 Å². The van der Waals surface area contributed by atoms with Gasteiger partial charge in [0.15, 0.2) is 0 Å². The van der Waals surface area contributed by atoms with Crippen LogP contribution < -0.4 is 5.73 Å². The standard InChI is InChI=1S/C45H72N2O12/c1-26-19-27(2)21-38(56-7)41-39(57-8)23-29(4)45(54,59-41)42(51)43(52)47-18-12-10-14-33(47)44(53)58-40(28(3)22-31-15-16-34(48)37(24-31)55-6)30(5)35(49)25-36(50)32(20-26)13-9-11-17-46/h9,11,20,22,27,29-35,37-41,48-49,54H,10,12-19,21,23-25,46H2,1-8H3/b11-9?,26-20+,28-22+/t27-,29+,30+,31-,32+,33-,34+,35-,37+,38-,39-,40+,41+,45+/m0/s1. The zero-order chi connectivity index (χ0) is 43.6. The van der Waals surface area contributed by atoms with Crippen molar-refractivity contribution >= 4 is 23.4 Å². The minimum Gasteiger partial charge on any atom is -0.456 e. The van der Waals surface area contributed by atoms with E-state index in [4.69, 9.17) is 29.4 Å². The van der Waals surface area contributed by atoms with Crippen molar-refractivity contribution < 1.29 is 58.2 Å². The van der Waals surface area contributed by atoms with Gasteiger partial charge in [-0.05, 0) is 95.5 Å². The number of carbonyl (C=O) groups excluding carboxylic acids is 4. The maximum Gasteiger partial charge on any atom is 0.329 e. The van der Waals surface area contributed by atoms with E-state index >= 15 is 0 Å². The molecule has 14 nitrogen and oxygen atoms in total. The molecule has 4 aliphatic rings. The third-order valence-electron chi connectivity index (χ3n) is 13.1. The number of esters is 1. The molecule has 334 valence electrons. The van der Waals surface area contributed by atoms with Crippen molar-refractivity contribution in [3.8, 4) is 0 Å². The summed E-state index contributed by atoms with van der Waals surface area (Å²) in [5.74, 6) is -7.84. The topological polar surface area (TPSA) is 204 Å². The van der Waals surface area contributed by atoms with Crippen molar-refractivity contribution in [2.24, 2.45) is 35.3 Å². The number of nitrogens with zero attached hydrogens (tertiary/aromatic N) is 1. The fourth-order valence-electron chi connectivity index (χ4n) is 9.58. The van der Waals surface area contributed by atoms with Crippen LogP contribution in [-0.2, 0) is 42.9 Å². The van der Waals surface area contributed by atoms with E-state index in [1.807, 2.05) is 39.0 Å². The first-order valence-electron chi connectivity index (χ1n) is 21.6. The maximum absolute atomic E-state index is 14.4. The summed E-state index contributed by atoms with van der Waals surface area (Å²) in [6.07, 6.45) is 6.80. The van der Waals surface area contributed by atoms with Gasteiger partial charge in [-0.1, -0.05) is 50.6 Å². The summed E-state index contributed by atoms with van der Waals surface area (Å²) in [5, 5.41) is 34.3. The average Bonchev–Trinajstić information content (AvgIpc) is 3.21. The molecule has 4 rings (SSSR count). The molecule has 0 aromatic heterocycles. The summed E-state index contributed by atoms with van der Waals surface area (Å²) in [4.78, 5) is 58.1. The predicted molar refractivity (Wildman–Crippen MR) is 221 cm³/mol. The molecule has 1 saturated carbocycles. The molecule has 5 N–H and O–H groups in total. The van der Waals surface area contributed by atoms with E-state index in [1.54, 1.807) is 27.0 Å². The summed E-state index contributed by atoms with van der Waals surface area (Å²) >= 11 is 0. The molecule has 14 atom stereocenters. The van der Waals surface area contributed by atoms with Crippen molar-refractivity contribution in [2.45, 2.75) is 160 Å². The first-order valence-corrected chi connectivity index (χ1v) is 21.6. The Hall–Kier alpha value is -2.82. The molecule has 3 aliphatic heterocycles. The van der Waals surface area contributed by atoms with Crippen LogP contribution in [0.25, 0.3) is 0 Å². The monoisotopic (exact) mass is 833 g/mol. The quantitative estimate of drug-likeness (QED) is 0.156. The van der Waals surface area contributed by atoms with E-state index in [9.17, 15) is 34.5 Å². The number of ether oxygens (including phenoxy) is 5. The molecule has 0 spiro atoms. The number of piperidine rings is 1. The van der Waals surface area contributed by atoms with Gasteiger partial charge in [-0.25, -0.2) is 4.79 Å². The molecule has 3 heterocycles. The predicted octanol–water partition coefficient (Wildman–Crippen LogP) is 3.97. The molecule has 14 heteroatoms. The highest BCUT2D eigenvalue weighted by molar-refractivity contribution is 6.39. The number of hydrogen-bond donors (Lipinski definition) is 4. The molecular weight excluding hydrogens is 760 g/mol. The molecule has 0 aromatic carbocycles. The molecule has 2 bridgehead atoms. The van der Waals surface area contributed by atoms with Crippen LogP contribution in [0.3, 0.4) is 0 Å². The van der Waals surface area contributed by atoms with Crippen LogP contribution in [0.4, 0.5) is 0 Å². The minimum absolute atomic E-state index is 0.00322. The lowest BCUT2D eigenvalue weighted by Crippen LogP contribution is -2.64. The van der Waals surface area contributed by atoms with E-state index in [2.05, 4.69) is 0 Å². The van der Waals surface area contributed by atoms with E-state index < -0.39 is 83.9 Å². The Balaban J connectivity index is 1.79. The number of amides is 1. The van der Waals surface area contributed by atoms with Gasteiger partial charge in [0.25, 0.3) is 11.7 Å². The Kier molecular flexibility index (Phi) is 18.5. The SMILES string of the molecule is CO[C@H]1C[C@@H](C)C/C(C)=C/[C@@H](CC=CCN)C(=O)C[C@H](O)[C@@H](C)[C@@H](/C(C)=C/[C@@H]2CC[C@@H](O)[C@H](OC)C2)OC(=O)[C@@H]2CCCCN2C(=O)C(=O)[C@]2(O)O[C@H]1[C@@H](OC)C[C@H]2C. The second-order valence-electron chi connectivity index (χ2n) is 17.7. The summed E-state index contributed by atoms with van der Waals surface area (Å²) in [6, 6.07) is -1.15. The lowest BCUT2D eigenvalue weighted by Gasteiger charge is -2.47. The summed E-state index contributed by atoms with van der Waals surface area (Å²) in [7, 11) is 4.61. The molecule has 0 radical (unpaired) electrons. The van der Waals surface area contributed by atoms with Crippen LogP contribution in [0.5, 0.6) is 0 Å². The van der Waals surface area contributed by atoms with Gasteiger partial charge in [0, 0.05) is 58.6 Å². The van der Waals surface area contributed by atoms with E-state index in [0.717, 1.165) is 5.57 Å². The number of cyclic esters (lactones) is 1. The number of methoxy groups -OCH3 is 3. The van der Waals surface area contributed by atoms with Gasteiger partial charge >= 0.3 is 5.97 Å². The number of ketones is 2. The number of allylic oxidation sites excluding steroid dienone is 4. The van der Waals surface area contributed by atoms with Crippen molar-refractivity contribution in [3.05, 3.63) is 35.5 Å². The lowest BCUT2D eigenvalue weighted by molar-refractivity contribution is -0.302. The lowest BCUT2D eigenvalue weighted by atomic mass is 9.81. The van der Waals surface area contributed by atoms with Crippen LogP contribution in [0.15, 0.2) is 35.5 Å². The van der Waals surface area contributed by atoms with Crippen LogP contribution >= 0.6 is 0 Å². The van der Waals surface area contributed by atoms with Gasteiger partial charge < -0.3 is 49.6 Å². The van der Waals surface area contributed by atoms with Crippen molar-refractivity contribution in [3.63, 3.8) is 0 Å². The Bertz CT molecular complexity index is 1530. The van der Waals surface area contributed by atoms with Crippen LogP contribution in [0.1, 0.15) is 105 Å². The number of nitrogens with two attached hydrogens (primary N) is 1. The van der Waals surface area contributed by atoms with Gasteiger partial charge in [0.05, 0.1) is 30.5 Å². The highest BCUT2D eigenvalue weighted by atomic mass is 16.7. The Morgan fingerprint density at radius 2 is 1.59 bits per heavy atom. The normalized spacial score (nSPS) is 40.2. The number of hydrogen-bond acceptors (Lipinski definition) is 13. The van der Waals surface area contributed by atoms with Gasteiger partial charge in [0.2, 0.25) is 5.79 Å². The van der Waals surface area contributed by atoms with Gasteiger partial charge in [-0.3, -0.25) is 14.4 Å². The van der Waals surface area contributed by atoms with Crippen LogP contribution in [-0.4, -0.2) is 133 Å². The van der Waals surface area contributed by atoms with E-state index in [1.165, 1.54) is 19.1 Å². The molecule has 3 fully saturated rings. The van der Waals surface area contributed by atoms with E-state index in [-0.39, 0.29) is 49.5 Å². The summed E-state index contributed by atoms with van der Waals surface area (Å²) in [5.41, 5.74) is 7.33. The average molecular weight is 833 g/mol. The maximum atomic E-state index is 14.4. The number of Topliss-reactive ketones (excluding diaryl/α,β-unsaturated/α-hetero) is 2. The third kappa shape index (κ3) is 12.2. The molecule has 2 saturated heterocycles. The molecule has 0 aromatic rings. The number of aliphatic hydroxyl groups is 3. The first-order chi connectivity index (χ1) is 28.0. The fourth-order valence-corrected chi connectivity index (χ4v) is 9.58. The second kappa shape index (κ2) is 22.3. The van der Waals surface area contributed by atoms with Crippen molar-refractivity contribution in [2.75, 3.05) is 34.4 Å². The fraction of sp³-hybridized carbons (Fsp3) is 0.778.